The van der Waals surface area contributed by atoms with Crippen molar-refractivity contribution < 1.29 is 32.5 Å². The van der Waals surface area contributed by atoms with Crippen LogP contribution in [-0.4, -0.2) is 20.7 Å². The second kappa shape index (κ2) is 7.65. The van der Waals surface area contributed by atoms with Crippen LogP contribution in [-0.2, 0) is 15.2 Å². The number of para-hydroxylation sites is 1. The largest absolute Gasteiger partial charge is 0.474 e. The van der Waals surface area contributed by atoms with E-state index in [1.54, 1.807) is 30.3 Å². The van der Waals surface area contributed by atoms with E-state index in [0.717, 1.165) is 6.07 Å². The molecule has 146 valence electrons. The minimum Gasteiger partial charge on any atom is -0.321 e. The summed E-state index contributed by atoms with van der Waals surface area (Å²) in [5.74, 6) is -0.546. The fourth-order valence-electron chi connectivity index (χ4n) is 2.41. The molecule has 3 aromatic rings. The molecule has 0 aliphatic carbocycles. The number of benzene rings is 2. The molecule has 3 N–H and O–H groups in total. The number of phosphoric ester groups is 1. The topological polar surface area (TPSA) is 109 Å². The molecule has 0 saturated carbocycles. The van der Waals surface area contributed by atoms with Crippen LogP contribution in [0.1, 0.15) is 16.1 Å². The van der Waals surface area contributed by atoms with E-state index in [-0.39, 0.29) is 15.7 Å². The smallest absolute Gasteiger partial charge is 0.321 e. The Hall–Kier alpha value is -2.23. The maximum Gasteiger partial charge on any atom is 0.474 e. The fraction of sp³-hybridized carbons (Fsp3) is 0.0588. The van der Waals surface area contributed by atoms with Gasteiger partial charge in [0.15, 0.2) is 0 Å². The molecule has 0 spiro atoms. The number of aromatic nitrogens is 1. The Morgan fingerprint density at radius 1 is 1.14 bits per heavy atom. The summed E-state index contributed by atoms with van der Waals surface area (Å²) in [6, 6.07) is 13.7. The minimum absolute atomic E-state index is 0.0212. The molecule has 3 rings (SSSR count). The first-order chi connectivity index (χ1) is 13.0. The number of halogens is 3. The highest BCUT2D eigenvalue weighted by Gasteiger charge is 2.42. The van der Waals surface area contributed by atoms with E-state index >= 15 is 0 Å². The van der Waals surface area contributed by atoms with Gasteiger partial charge in [-0.15, -0.1) is 0 Å². The predicted octanol–water partition coefficient (Wildman–Crippen LogP) is 4.41. The molecule has 1 amide bonds. The Bertz CT molecular complexity index is 1090. The second-order valence-corrected chi connectivity index (χ2v) is 7.66. The van der Waals surface area contributed by atoms with Gasteiger partial charge in [0.25, 0.3) is 5.91 Å². The van der Waals surface area contributed by atoms with Crippen LogP contribution in [0, 0.1) is 0 Å². The molecule has 0 atom stereocenters. The van der Waals surface area contributed by atoms with Gasteiger partial charge in [-0.1, -0.05) is 40.2 Å². The maximum atomic E-state index is 14.1. The number of pyridine rings is 1. The van der Waals surface area contributed by atoms with Gasteiger partial charge in [-0.05, 0) is 30.3 Å². The number of fused-ring (bicyclic) bond motifs is 1. The van der Waals surface area contributed by atoms with Crippen LogP contribution in [0.15, 0.2) is 59.1 Å². The van der Waals surface area contributed by atoms with E-state index in [1.807, 2.05) is 0 Å². The lowest BCUT2D eigenvalue weighted by Crippen LogP contribution is -2.18. The summed E-state index contributed by atoms with van der Waals surface area (Å²) in [6.07, 6.45) is -4.28. The zero-order valence-corrected chi connectivity index (χ0v) is 16.3. The van der Waals surface area contributed by atoms with Crippen molar-refractivity contribution in [3.05, 3.63) is 70.3 Å². The van der Waals surface area contributed by atoms with Crippen molar-refractivity contribution in [2.24, 2.45) is 0 Å². The van der Waals surface area contributed by atoms with Gasteiger partial charge in [0, 0.05) is 15.5 Å². The van der Waals surface area contributed by atoms with Crippen LogP contribution in [0.2, 0.25) is 0 Å². The molecule has 11 heteroatoms. The Morgan fingerprint density at radius 3 is 2.46 bits per heavy atom. The zero-order chi connectivity index (χ0) is 20.5. The van der Waals surface area contributed by atoms with Crippen molar-refractivity contribution in [1.29, 1.82) is 0 Å². The molecule has 0 bridgehead atoms. The molecular formula is C17H12BrF2N2O5P. The molecule has 0 aliphatic rings. The summed E-state index contributed by atoms with van der Waals surface area (Å²) < 4.78 is 42.5. The van der Waals surface area contributed by atoms with Crippen LogP contribution in [0.25, 0.3) is 10.9 Å². The molecule has 0 radical (unpaired) electrons. The van der Waals surface area contributed by atoms with E-state index in [4.69, 9.17) is 9.79 Å². The summed E-state index contributed by atoms with van der Waals surface area (Å²) >= 11 is 2.93. The van der Waals surface area contributed by atoms with Crippen molar-refractivity contribution in [3.8, 4) is 0 Å². The van der Waals surface area contributed by atoms with Gasteiger partial charge < -0.3 is 15.1 Å². The molecule has 28 heavy (non-hydrogen) atoms. The standard InChI is InChI=1S/C17H12BrF2N2O5P/c18-13-8-10-6-7-14(16(23)21-11-4-2-1-3-5-11)22-15(10)9-12(13)17(19,20)27-28(24,25)26/h1-9H,(H,21,23)(H2,24,25,26). The first-order valence-electron chi connectivity index (χ1n) is 7.66. The number of amides is 1. The van der Waals surface area contributed by atoms with Gasteiger partial charge in [-0.25, -0.2) is 14.1 Å². The molecule has 1 aromatic heterocycles. The molecule has 0 fully saturated rings. The van der Waals surface area contributed by atoms with Crippen LogP contribution in [0.5, 0.6) is 0 Å². The van der Waals surface area contributed by atoms with Gasteiger partial charge in [0.2, 0.25) is 0 Å². The quantitative estimate of drug-likeness (QED) is 0.474. The Kier molecular flexibility index (Phi) is 5.60. The third kappa shape index (κ3) is 4.78. The first-order valence-corrected chi connectivity index (χ1v) is 9.99. The number of anilines is 1. The van der Waals surface area contributed by atoms with Crippen molar-refractivity contribution >= 4 is 46.3 Å². The summed E-state index contributed by atoms with van der Waals surface area (Å²) in [5, 5.41) is 3.05. The third-order valence-corrected chi connectivity index (χ3v) is 4.71. The molecule has 0 unspecified atom stereocenters. The van der Waals surface area contributed by atoms with Crippen LogP contribution in [0.3, 0.4) is 0 Å². The van der Waals surface area contributed by atoms with Crippen molar-refractivity contribution in [2.45, 2.75) is 6.11 Å². The molecule has 1 heterocycles. The number of carbonyl (C=O) groups excluding carboxylic acids is 1. The number of rotatable bonds is 5. The Balaban J connectivity index is 1.98. The van der Waals surface area contributed by atoms with Gasteiger partial charge in [0.05, 0.1) is 11.1 Å². The molecular weight excluding hydrogens is 461 g/mol. The monoisotopic (exact) mass is 472 g/mol. The molecule has 0 saturated heterocycles. The van der Waals surface area contributed by atoms with E-state index in [0.29, 0.717) is 11.1 Å². The van der Waals surface area contributed by atoms with Gasteiger partial charge in [0.1, 0.15) is 5.69 Å². The second-order valence-electron chi connectivity index (χ2n) is 5.64. The van der Waals surface area contributed by atoms with Gasteiger partial charge in [-0.3, -0.25) is 4.79 Å². The molecule has 7 nitrogen and oxygen atoms in total. The number of nitrogens with zero attached hydrogens (tertiary/aromatic N) is 1. The average molecular weight is 473 g/mol. The summed E-state index contributed by atoms with van der Waals surface area (Å²) in [5.41, 5.74) is -0.305. The third-order valence-electron chi connectivity index (χ3n) is 3.59. The van der Waals surface area contributed by atoms with E-state index in [1.165, 1.54) is 18.2 Å². The van der Waals surface area contributed by atoms with E-state index < -0.39 is 25.4 Å². The summed E-state index contributed by atoms with van der Waals surface area (Å²) in [7, 11) is -5.45. The fourth-order valence-corrected chi connectivity index (χ4v) is 3.40. The number of alkyl halides is 2. The highest BCUT2D eigenvalue weighted by molar-refractivity contribution is 9.10. The van der Waals surface area contributed by atoms with Crippen molar-refractivity contribution in [2.75, 3.05) is 5.32 Å². The Morgan fingerprint density at radius 2 is 1.82 bits per heavy atom. The highest BCUT2D eigenvalue weighted by Crippen LogP contribution is 2.49. The number of nitrogens with one attached hydrogen (secondary N) is 1. The highest BCUT2D eigenvalue weighted by atomic mass is 79.9. The normalized spacial score (nSPS) is 12.2. The average Bonchev–Trinajstić information content (AvgIpc) is 2.59. The van der Waals surface area contributed by atoms with E-state index in [2.05, 4.69) is 30.8 Å². The lowest BCUT2D eigenvalue weighted by Gasteiger charge is -2.19. The van der Waals surface area contributed by atoms with Crippen molar-refractivity contribution in [3.63, 3.8) is 0 Å². The maximum absolute atomic E-state index is 14.1. The number of hydrogen-bond donors (Lipinski definition) is 3. The summed E-state index contributed by atoms with van der Waals surface area (Å²) in [4.78, 5) is 33.8. The number of phosphoric acid groups is 1. The lowest BCUT2D eigenvalue weighted by atomic mass is 10.1. The predicted molar refractivity (Wildman–Crippen MR) is 101 cm³/mol. The van der Waals surface area contributed by atoms with Crippen LogP contribution in [0.4, 0.5) is 14.5 Å². The van der Waals surface area contributed by atoms with Gasteiger partial charge in [-0.2, -0.15) is 8.78 Å². The molecule has 0 aliphatic heterocycles. The van der Waals surface area contributed by atoms with Crippen molar-refractivity contribution in [1.82, 2.24) is 4.98 Å². The van der Waals surface area contributed by atoms with Gasteiger partial charge >= 0.3 is 13.9 Å². The molecule has 2 aromatic carbocycles. The minimum atomic E-state index is -5.45. The first kappa shape index (κ1) is 20.5. The lowest BCUT2D eigenvalue weighted by molar-refractivity contribution is -0.196. The summed E-state index contributed by atoms with van der Waals surface area (Å²) in [6.45, 7) is 0. The van der Waals surface area contributed by atoms with E-state index in [9.17, 15) is 18.1 Å². The van der Waals surface area contributed by atoms with Crippen LogP contribution >= 0.6 is 23.8 Å². The Labute approximate surface area is 165 Å². The van der Waals surface area contributed by atoms with Crippen LogP contribution < -0.4 is 5.32 Å². The zero-order valence-electron chi connectivity index (χ0n) is 13.8. The number of carbonyl (C=O) groups is 1. The SMILES string of the molecule is O=C(Nc1ccccc1)c1ccc2cc(Br)c(C(F)(F)OP(=O)(O)O)cc2n1. The number of hydrogen-bond acceptors (Lipinski definition) is 4.